The molecule has 0 amide bonds. The van der Waals surface area contributed by atoms with Crippen LogP contribution in [0.1, 0.15) is 0 Å². The van der Waals surface area contributed by atoms with Crippen molar-refractivity contribution in [3.8, 4) is 11.6 Å². The van der Waals surface area contributed by atoms with E-state index >= 15 is 0 Å². The third kappa shape index (κ3) is 2.47. The molecule has 3 nitrogen and oxygen atoms in total. The maximum atomic E-state index is 12.9. The van der Waals surface area contributed by atoms with Gasteiger partial charge in [-0.2, -0.15) is 4.39 Å². The normalized spacial score (nSPS) is 11.5. The molecule has 0 saturated heterocycles. The Morgan fingerprint density at radius 1 is 1.43 bits per heavy atom. The number of halogens is 5. The molecule has 0 radical (unpaired) electrons. The van der Waals surface area contributed by atoms with Crippen LogP contribution < -0.4 is 4.74 Å². The predicted octanol–water partition coefficient (Wildman–Crippen LogP) is 2.59. The first-order valence-corrected chi connectivity index (χ1v) is 3.89. The van der Waals surface area contributed by atoms with Gasteiger partial charge < -0.3 is 9.84 Å². The molecule has 14 heavy (non-hydrogen) atoms. The predicted molar refractivity (Wildman–Crippen MR) is 40.2 cm³/mol. The van der Waals surface area contributed by atoms with Crippen LogP contribution in [0, 0.1) is 5.82 Å². The maximum absolute atomic E-state index is 12.9. The van der Waals surface area contributed by atoms with Gasteiger partial charge >= 0.3 is 6.36 Å². The molecule has 0 aliphatic carbocycles. The summed E-state index contributed by atoms with van der Waals surface area (Å²) < 4.78 is 50.5. The molecule has 0 aliphatic heterocycles. The molecule has 0 aliphatic rings. The fourth-order valence-electron chi connectivity index (χ4n) is 0.620. The molecule has 0 spiro atoms. The van der Waals surface area contributed by atoms with Gasteiger partial charge in [0, 0.05) is 0 Å². The van der Waals surface area contributed by atoms with Crippen molar-refractivity contribution in [1.29, 1.82) is 0 Å². The van der Waals surface area contributed by atoms with Crippen LogP contribution in [-0.4, -0.2) is 16.5 Å². The summed E-state index contributed by atoms with van der Waals surface area (Å²) >= 11 is 2.53. The minimum Gasteiger partial charge on any atom is -0.505 e. The number of hydrogen-bond donors (Lipinski definition) is 1. The van der Waals surface area contributed by atoms with Crippen LogP contribution in [0.4, 0.5) is 17.6 Å². The van der Waals surface area contributed by atoms with Crippen LogP contribution >= 0.6 is 15.9 Å². The van der Waals surface area contributed by atoms with Gasteiger partial charge in [-0.15, -0.1) is 13.2 Å². The molecular formula is C6H2BrF4NO2. The number of rotatable bonds is 1. The van der Waals surface area contributed by atoms with Crippen molar-refractivity contribution in [1.82, 2.24) is 4.98 Å². The van der Waals surface area contributed by atoms with Crippen molar-refractivity contribution in [2.45, 2.75) is 6.36 Å². The second kappa shape index (κ2) is 3.60. The van der Waals surface area contributed by atoms with E-state index in [1.165, 1.54) is 0 Å². The van der Waals surface area contributed by atoms with E-state index in [-0.39, 0.29) is 0 Å². The van der Waals surface area contributed by atoms with Gasteiger partial charge in [-0.3, -0.25) is 0 Å². The van der Waals surface area contributed by atoms with E-state index in [0.717, 1.165) is 0 Å². The SMILES string of the molecule is Oc1cnc(OC(F)(F)F)c(F)c1Br. The van der Waals surface area contributed by atoms with Crippen molar-refractivity contribution in [3.05, 3.63) is 16.5 Å². The number of ether oxygens (including phenoxy) is 1. The van der Waals surface area contributed by atoms with Crippen LogP contribution in [0.5, 0.6) is 11.6 Å². The molecule has 0 atom stereocenters. The Labute approximate surface area is 83.5 Å². The minimum atomic E-state index is -5.02. The maximum Gasteiger partial charge on any atom is 0.574 e. The van der Waals surface area contributed by atoms with Crippen molar-refractivity contribution in [3.63, 3.8) is 0 Å². The first-order valence-electron chi connectivity index (χ1n) is 3.10. The van der Waals surface area contributed by atoms with Gasteiger partial charge in [0.15, 0.2) is 5.75 Å². The standard InChI is InChI=1S/C6H2BrF4NO2/c7-3-2(13)1-12-5(4(3)8)14-6(9,10)11/h1,13H. The molecule has 8 heteroatoms. The third-order valence-corrected chi connectivity index (χ3v) is 1.88. The summed E-state index contributed by atoms with van der Waals surface area (Å²) in [7, 11) is 0. The van der Waals surface area contributed by atoms with Crippen LogP contribution in [0.2, 0.25) is 0 Å². The lowest BCUT2D eigenvalue weighted by Crippen LogP contribution is -2.18. The molecule has 0 aromatic carbocycles. The Morgan fingerprint density at radius 2 is 2.00 bits per heavy atom. The lowest BCUT2D eigenvalue weighted by molar-refractivity contribution is -0.277. The van der Waals surface area contributed by atoms with Gasteiger partial charge in [0.1, 0.15) is 4.47 Å². The van der Waals surface area contributed by atoms with E-state index in [1.54, 1.807) is 0 Å². The highest BCUT2D eigenvalue weighted by Gasteiger charge is 2.33. The van der Waals surface area contributed by atoms with Gasteiger partial charge in [0.05, 0.1) is 6.20 Å². The molecule has 0 unspecified atom stereocenters. The fourth-order valence-corrected chi connectivity index (χ4v) is 0.892. The molecular weight excluding hydrogens is 274 g/mol. The second-order valence-corrected chi connectivity index (χ2v) is 2.92. The molecule has 0 fully saturated rings. The highest BCUT2D eigenvalue weighted by Crippen LogP contribution is 2.32. The summed E-state index contributed by atoms with van der Waals surface area (Å²) in [5, 5.41) is 8.84. The average molecular weight is 276 g/mol. The molecule has 78 valence electrons. The highest BCUT2D eigenvalue weighted by molar-refractivity contribution is 9.10. The summed E-state index contributed by atoms with van der Waals surface area (Å²) in [6.07, 6.45) is -4.39. The average Bonchev–Trinajstić information content (AvgIpc) is 2.04. The van der Waals surface area contributed by atoms with E-state index in [2.05, 4.69) is 25.7 Å². The number of alkyl halides is 3. The van der Waals surface area contributed by atoms with Gasteiger partial charge in [-0.05, 0) is 15.9 Å². The third-order valence-electron chi connectivity index (χ3n) is 1.12. The summed E-state index contributed by atoms with van der Waals surface area (Å²) in [6, 6.07) is 0. The van der Waals surface area contributed by atoms with E-state index in [9.17, 15) is 17.6 Å². The quantitative estimate of drug-likeness (QED) is 0.801. The lowest BCUT2D eigenvalue weighted by atomic mass is 10.4. The summed E-state index contributed by atoms with van der Waals surface area (Å²) in [5.41, 5.74) is 0. The van der Waals surface area contributed by atoms with Crippen LogP contribution in [0.25, 0.3) is 0 Å². The van der Waals surface area contributed by atoms with Gasteiger partial charge in [-0.25, -0.2) is 4.98 Å². The topological polar surface area (TPSA) is 42.4 Å². The molecule has 1 aromatic rings. The zero-order chi connectivity index (χ0) is 10.9. The molecule has 1 N–H and O–H groups in total. The Bertz CT molecular complexity index is 354. The number of nitrogens with zero attached hydrogens (tertiary/aromatic N) is 1. The van der Waals surface area contributed by atoms with Crippen molar-refractivity contribution in [2.24, 2.45) is 0 Å². The smallest absolute Gasteiger partial charge is 0.505 e. The number of hydrogen-bond acceptors (Lipinski definition) is 3. The first kappa shape index (κ1) is 11.0. The van der Waals surface area contributed by atoms with Crippen molar-refractivity contribution >= 4 is 15.9 Å². The Hall–Kier alpha value is -1.05. The van der Waals surface area contributed by atoms with E-state index in [4.69, 9.17) is 5.11 Å². The first-order chi connectivity index (χ1) is 6.31. The second-order valence-electron chi connectivity index (χ2n) is 2.12. The van der Waals surface area contributed by atoms with E-state index < -0.39 is 28.3 Å². The van der Waals surface area contributed by atoms with Crippen LogP contribution in [-0.2, 0) is 0 Å². The molecule has 1 aromatic heterocycles. The molecule has 1 rings (SSSR count). The van der Waals surface area contributed by atoms with E-state index in [1.807, 2.05) is 0 Å². The summed E-state index contributed by atoms with van der Waals surface area (Å²) in [4.78, 5) is 2.93. The van der Waals surface area contributed by atoms with Crippen LogP contribution in [0.3, 0.4) is 0 Å². The van der Waals surface area contributed by atoms with Gasteiger partial charge in [-0.1, -0.05) is 0 Å². The summed E-state index contributed by atoms with van der Waals surface area (Å²) in [6.45, 7) is 0. The minimum absolute atomic E-state index is 0.535. The zero-order valence-corrected chi connectivity index (χ0v) is 7.86. The summed E-state index contributed by atoms with van der Waals surface area (Å²) in [5.74, 6) is -3.28. The Morgan fingerprint density at radius 3 is 2.50 bits per heavy atom. The van der Waals surface area contributed by atoms with E-state index in [0.29, 0.717) is 6.20 Å². The zero-order valence-electron chi connectivity index (χ0n) is 6.27. The number of aromatic nitrogens is 1. The Kier molecular flexibility index (Phi) is 2.84. The largest absolute Gasteiger partial charge is 0.574 e. The number of aromatic hydroxyl groups is 1. The van der Waals surface area contributed by atoms with Gasteiger partial charge in [0.25, 0.3) is 5.88 Å². The molecule has 0 saturated carbocycles. The van der Waals surface area contributed by atoms with Gasteiger partial charge in [0.2, 0.25) is 5.82 Å². The number of pyridine rings is 1. The molecule has 1 heterocycles. The van der Waals surface area contributed by atoms with Crippen molar-refractivity contribution in [2.75, 3.05) is 0 Å². The fraction of sp³-hybridized carbons (Fsp3) is 0.167. The van der Waals surface area contributed by atoms with Crippen molar-refractivity contribution < 1.29 is 27.4 Å². The highest BCUT2D eigenvalue weighted by atomic mass is 79.9. The molecule has 0 bridgehead atoms. The lowest BCUT2D eigenvalue weighted by Gasteiger charge is -2.09. The monoisotopic (exact) mass is 275 g/mol. The van der Waals surface area contributed by atoms with Crippen LogP contribution in [0.15, 0.2) is 10.7 Å². The Balaban J connectivity index is 3.06.